The molecule has 5 nitrogen and oxygen atoms in total. The van der Waals surface area contributed by atoms with Gasteiger partial charge >= 0.3 is 0 Å². The minimum absolute atomic E-state index is 0.116. The topological polar surface area (TPSA) is 78.6 Å². The number of hydrogen-bond acceptors (Lipinski definition) is 4. The van der Waals surface area contributed by atoms with Gasteiger partial charge in [-0.05, 0) is 24.6 Å². The summed E-state index contributed by atoms with van der Waals surface area (Å²) in [5.41, 5.74) is 3.65. The molecule has 100 valence electrons. The molecule has 0 fully saturated rings. The van der Waals surface area contributed by atoms with Gasteiger partial charge in [0, 0.05) is 18.7 Å². The average Bonchev–Trinajstić information content (AvgIpc) is 2.39. The molecule has 5 heteroatoms. The lowest BCUT2D eigenvalue weighted by Crippen LogP contribution is -2.32. The first-order chi connectivity index (χ1) is 8.72. The van der Waals surface area contributed by atoms with E-state index >= 15 is 0 Å². The zero-order valence-electron chi connectivity index (χ0n) is 10.7. The van der Waals surface area contributed by atoms with E-state index < -0.39 is 0 Å². The fraction of sp³-hybridized carbons (Fsp3) is 0.462. The van der Waals surface area contributed by atoms with Gasteiger partial charge in [0.1, 0.15) is 0 Å². The van der Waals surface area contributed by atoms with Crippen molar-refractivity contribution in [1.82, 2.24) is 10.3 Å². The van der Waals surface area contributed by atoms with Gasteiger partial charge in [0.2, 0.25) is 0 Å². The predicted octanol–water partition coefficient (Wildman–Crippen LogP) is 0.494. The number of carbonyl (C=O) groups is 1. The van der Waals surface area contributed by atoms with Crippen LogP contribution >= 0.6 is 0 Å². The number of amides is 1. The van der Waals surface area contributed by atoms with Crippen LogP contribution in [0.15, 0.2) is 24.3 Å². The Morgan fingerprint density at radius 2 is 2.11 bits per heavy atom. The number of nitrogen functional groups attached to an aromatic ring is 1. The minimum Gasteiger partial charge on any atom is -0.395 e. The summed E-state index contributed by atoms with van der Waals surface area (Å²) in [5.74, 6) is 4.88. The van der Waals surface area contributed by atoms with Gasteiger partial charge in [-0.1, -0.05) is 25.1 Å². The van der Waals surface area contributed by atoms with Crippen LogP contribution in [0.2, 0.25) is 0 Å². The quantitative estimate of drug-likeness (QED) is 0.374. The van der Waals surface area contributed by atoms with Gasteiger partial charge in [-0.15, -0.1) is 0 Å². The van der Waals surface area contributed by atoms with E-state index in [-0.39, 0.29) is 12.5 Å². The summed E-state index contributed by atoms with van der Waals surface area (Å²) in [6.07, 6.45) is 1.01. The monoisotopic (exact) mass is 251 g/mol. The summed E-state index contributed by atoms with van der Waals surface area (Å²) in [6, 6.07) is 7.36. The van der Waals surface area contributed by atoms with Crippen LogP contribution in [0.5, 0.6) is 0 Å². The zero-order chi connectivity index (χ0) is 13.4. The summed E-state index contributed by atoms with van der Waals surface area (Å²) < 4.78 is 0. The number of hydrazine groups is 1. The molecule has 4 N–H and O–H groups in total. The zero-order valence-corrected chi connectivity index (χ0v) is 10.7. The second-order valence-electron chi connectivity index (χ2n) is 4.13. The van der Waals surface area contributed by atoms with Gasteiger partial charge in [-0.2, -0.15) is 0 Å². The molecule has 0 saturated heterocycles. The average molecular weight is 251 g/mol. The van der Waals surface area contributed by atoms with Gasteiger partial charge in [0.25, 0.3) is 5.91 Å². The third kappa shape index (κ3) is 4.10. The van der Waals surface area contributed by atoms with E-state index in [0.717, 1.165) is 18.5 Å². The molecule has 0 radical (unpaired) electrons. The number of hydrogen-bond donors (Lipinski definition) is 3. The van der Waals surface area contributed by atoms with Crippen molar-refractivity contribution in [2.24, 2.45) is 5.84 Å². The van der Waals surface area contributed by atoms with Crippen LogP contribution in [0.4, 0.5) is 0 Å². The van der Waals surface area contributed by atoms with Crippen molar-refractivity contribution < 1.29 is 9.90 Å². The molecule has 0 aliphatic heterocycles. The van der Waals surface area contributed by atoms with Crippen LogP contribution in [0.1, 0.15) is 29.3 Å². The van der Waals surface area contributed by atoms with Gasteiger partial charge in [-0.3, -0.25) is 15.1 Å². The molecular weight excluding hydrogens is 230 g/mol. The molecule has 0 saturated carbocycles. The van der Waals surface area contributed by atoms with E-state index in [9.17, 15) is 4.79 Å². The molecule has 1 rings (SSSR count). The second-order valence-corrected chi connectivity index (χ2v) is 4.13. The van der Waals surface area contributed by atoms with Crippen LogP contribution in [0.25, 0.3) is 0 Å². The fourth-order valence-electron chi connectivity index (χ4n) is 1.93. The third-order valence-corrected chi connectivity index (χ3v) is 2.74. The number of benzene rings is 1. The number of nitrogens with two attached hydrogens (primary N) is 1. The SMILES string of the molecule is CCCN(CCO)Cc1ccccc1C(=O)NN. The number of aliphatic hydroxyl groups is 1. The van der Waals surface area contributed by atoms with Gasteiger partial charge in [0.05, 0.1) is 6.61 Å². The normalized spacial score (nSPS) is 10.7. The molecule has 1 aromatic carbocycles. The summed E-state index contributed by atoms with van der Waals surface area (Å²) in [6.45, 7) is 4.33. The summed E-state index contributed by atoms with van der Waals surface area (Å²) in [7, 11) is 0. The maximum Gasteiger partial charge on any atom is 0.265 e. The highest BCUT2D eigenvalue weighted by Gasteiger charge is 2.12. The molecule has 0 spiro atoms. The van der Waals surface area contributed by atoms with Crippen molar-refractivity contribution in [1.29, 1.82) is 0 Å². The molecule has 0 aliphatic carbocycles. The van der Waals surface area contributed by atoms with Crippen molar-refractivity contribution in [3.05, 3.63) is 35.4 Å². The molecule has 1 amide bonds. The number of nitrogens with one attached hydrogen (secondary N) is 1. The van der Waals surface area contributed by atoms with E-state index in [1.54, 1.807) is 6.07 Å². The van der Waals surface area contributed by atoms with Crippen molar-refractivity contribution in [2.75, 3.05) is 19.7 Å². The Hall–Kier alpha value is -1.43. The molecule has 0 bridgehead atoms. The Kier molecular flexibility index (Phi) is 6.35. The molecule has 0 heterocycles. The predicted molar refractivity (Wildman–Crippen MR) is 70.7 cm³/mol. The number of aliphatic hydroxyl groups excluding tert-OH is 1. The van der Waals surface area contributed by atoms with Gasteiger partial charge < -0.3 is 5.11 Å². The molecule has 18 heavy (non-hydrogen) atoms. The van der Waals surface area contributed by atoms with E-state index in [1.165, 1.54) is 0 Å². The number of rotatable bonds is 7. The fourth-order valence-corrected chi connectivity index (χ4v) is 1.93. The highest BCUT2D eigenvalue weighted by Crippen LogP contribution is 2.11. The highest BCUT2D eigenvalue weighted by atomic mass is 16.3. The first-order valence-electron chi connectivity index (χ1n) is 6.15. The molecule has 0 atom stereocenters. The van der Waals surface area contributed by atoms with E-state index in [0.29, 0.717) is 18.7 Å². The summed E-state index contributed by atoms with van der Waals surface area (Å²) in [5, 5.41) is 9.03. The van der Waals surface area contributed by atoms with Crippen LogP contribution in [0.3, 0.4) is 0 Å². The van der Waals surface area contributed by atoms with Gasteiger partial charge in [-0.25, -0.2) is 5.84 Å². The van der Waals surface area contributed by atoms with Crippen molar-refractivity contribution in [3.8, 4) is 0 Å². The maximum atomic E-state index is 11.6. The van der Waals surface area contributed by atoms with E-state index in [2.05, 4.69) is 17.2 Å². The third-order valence-electron chi connectivity index (χ3n) is 2.74. The van der Waals surface area contributed by atoms with E-state index in [1.807, 2.05) is 18.2 Å². The molecule has 0 aromatic heterocycles. The number of carbonyl (C=O) groups excluding carboxylic acids is 1. The van der Waals surface area contributed by atoms with Crippen LogP contribution in [-0.4, -0.2) is 35.6 Å². The largest absolute Gasteiger partial charge is 0.395 e. The first-order valence-corrected chi connectivity index (χ1v) is 6.15. The van der Waals surface area contributed by atoms with Crippen molar-refractivity contribution in [2.45, 2.75) is 19.9 Å². The van der Waals surface area contributed by atoms with E-state index in [4.69, 9.17) is 10.9 Å². The van der Waals surface area contributed by atoms with Crippen molar-refractivity contribution in [3.63, 3.8) is 0 Å². The van der Waals surface area contributed by atoms with Gasteiger partial charge in [0.15, 0.2) is 0 Å². The Morgan fingerprint density at radius 1 is 1.39 bits per heavy atom. The van der Waals surface area contributed by atoms with Crippen LogP contribution in [0, 0.1) is 0 Å². The minimum atomic E-state index is -0.286. The highest BCUT2D eigenvalue weighted by molar-refractivity contribution is 5.95. The Morgan fingerprint density at radius 3 is 2.72 bits per heavy atom. The second kappa shape index (κ2) is 7.81. The lowest BCUT2D eigenvalue weighted by atomic mass is 10.1. The molecule has 1 aromatic rings. The van der Waals surface area contributed by atoms with Crippen molar-refractivity contribution >= 4 is 5.91 Å². The standard InChI is InChI=1S/C13H21N3O2/c1-2-7-16(8-9-17)10-11-5-3-4-6-12(11)13(18)15-14/h3-6,17H,2,7-10,14H2,1H3,(H,15,18). The first kappa shape index (κ1) is 14.6. The van der Waals surface area contributed by atoms with Crippen LogP contribution < -0.4 is 11.3 Å². The number of nitrogens with zero attached hydrogens (tertiary/aromatic N) is 1. The smallest absolute Gasteiger partial charge is 0.265 e. The Bertz CT molecular complexity index is 376. The lowest BCUT2D eigenvalue weighted by molar-refractivity contribution is 0.0951. The maximum absolute atomic E-state index is 11.6. The molecule has 0 unspecified atom stereocenters. The molecule has 0 aliphatic rings. The Labute approximate surface area is 108 Å². The summed E-state index contributed by atoms with van der Waals surface area (Å²) >= 11 is 0. The van der Waals surface area contributed by atoms with Crippen LogP contribution in [-0.2, 0) is 6.54 Å². The Balaban J connectivity index is 2.84. The lowest BCUT2D eigenvalue weighted by Gasteiger charge is -2.21. The summed E-state index contributed by atoms with van der Waals surface area (Å²) in [4.78, 5) is 13.7. The molecular formula is C13H21N3O2.